The predicted molar refractivity (Wildman–Crippen MR) is 130 cm³/mol. The number of amides is 1. The van der Waals surface area contributed by atoms with Crippen LogP contribution < -0.4 is 10.6 Å². The number of hydrogen-bond acceptors (Lipinski definition) is 5. The molecule has 6 rings (SSSR count). The normalized spacial score (nSPS) is 24.2. The summed E-state index contributed by atoms with van der Waals surface area (Å²) in [5.41, 5.74) is 2.00. The van der Waals surface area contributed by atoms with Crippen molar-refractivity contribution in [1.29, 1.82) is 0 Å². The molecule has 1 spiro atoms. The van der Waals surface area contributed by atoms with Crippen molar-refractivity contribution in [2.75, 3.05) is 23.7 Å². The molecule has 2 fully saturated rings. The third-order valence-electron chi connectivity index (χ3n) is 7.25. The van der Waals surface area contributed by atoms with Crippen LogP contribution >= 0.6 is 0 Å². The van der Waals surface area contributed by atoms with Crippen LogP contribution in [0.5, 0.6) is 0 Å². The third kappa shape index (κ3) is 3.44. The Morgan fingerprint density at radius 3 is 2.88 bits per heavy atom. The zero-order chi connectivity index (χ0) is 22.4. The summed E-state index contributed by atoms with van der Waals surface area (Å²) in [7, 11) is 1.89. The molecule has 1 aromatic carbocycles. The topological polar surface area (TPSA) is 87.4 Å². The fourth-order valence-corrected chi connectivity index (χ4v) is 5.57. The number of fused-ring (bicyclic) bond motifs is 2. The highest BCUT2D eigenvalue weighted by Crippen LogP contribution is 2.36. The minimum atomic E-state index is -0.447. The van der Waals surface area contributed by atoms with Crippen LogP contribution in [0.2, 0.25) is 0 Å². The summed E-state index contributed by atoms with van der Waals surface area (Å²) in [5, 5.41) is 12.8. The van der Waals surface area contributed by atoms with Crippen LogP contribution in [0.4, 0.5) is 11.5 Å². The molecule has 3 aliphatic rings. The molecule has 1 unspecified atom stereocenters. The van der Waals surface area contributed by atoms with Crippen molar-refractivity contribution >= 4 is 34.2 Å². The molecule has 2 aliphatic heterocycles. The number of aromatic nitrogens is 3. The summed E-state index contributed by atoms with van der Waals surface area (Å²) >= 11 is 0. The van der Waals surface area contributed by atoms with Crippen molar-refractivity contribution in [3.05, 3.63) is 48.3 Å². The van der Waals surface area contributed by atoms with Gasteiger partial charge >= 0.3 is 0 Å². The first-order valence-electron chi connectivity index (χ1n) is 11.9. The van der Waals surface area contributed by atoms with E-state index in [1.165, 1.54) is 12.8 Å². The minimum absolute atomic E-state index is 0.0233. The molecule has 8 heteroatoms. The highest BCUT2D eigenvalue weighted by atomic mass is 16.2. The Bertz CT molecular complexity index is 1240. The van der Waals surface area contributed by atoms with Crippen LogP contribution in [0, 0.1) is 0 Å². The van der Waals surface area contributed by atoms with Gasteiger partial charge in [0.25, 0.3) is 5.91 Å². The first-order valence-corrected chi connectivity index (χ1v) is 11.9. The van der Waals surface area contributed by atoms with Crippen molar-refractivity contribution in [2.45, 2.75) is 50.1 Å². The molecule has 4 heterocycles. The molecule has 0 radical (unpaired) electrons. The van der Waals surface area contributed by atoms with Gasteiger partial charge in [-0.3, -0.25) is 14.5 Å². The Hall–Kier alpha value is -3.42. The molecule has 1 amide bonds. The molecule has 1 aliphatic carbocycles. The molecule has 3 aromatic rings. The number of piperidine rings is 1. The zero-order valence-corrected chi connectivity index (χ0v) is 18.9. The first-order chi connectivity index (χ1) is 16.1. The van der Waals surface area contributed by atoms with Gasteiger partial charge in [-0.25, -0.2) is 4.98 Å². The van der Waals surface area contributed by atoms with Crippen LogP contribution in [0.15, 0.2) is 47.6 Å². The number of benzene rings is 1. The van der Waals surface area contributed by atoms with E-state index in [9.17, 15) is 4.79 Å². The average Bonchev–Trinajstić information content (AvgIpc) is 3.47. The molecule has 170 valence electrons. The van der Waals surface area contributed by atoms with E-state index < -0.39 is 5.54 Å². The second-order valence-electron chi connectivity index (χ2n) is 9.47. The van der Waals surface area contributed by atoms with Gasteiger partial charge in [0.05, 0.1) is 23.8 Å². The molecular weight excluding hydrogens is 414 g/mol. The number of amidine groups is 1. The molecule has 1 saturated carbocycles. The number of likely N-dealkylation sites (tertiary alicyclic amines) is 1. The largest absolute Gasteiger partial charge is 0.368 e. The van der Waals surface area contributed by atoms with E-state index in [-0.39, 0.29) is 5.91 Å². The number of anilines is 2. The number of carbonyl (C=O) groups excluding carboxylic acids is 1. The third-order valence-corrected chi connectivity index (χ3v) is 7.25. The van der Waals surface area contributed by atoms with E-state index in [1.54, 1.807) is 10.9 Å². The lowest BCUT2D eigenvalue weighted by atomic mass is 9.85. The van der Waals surface area contributed by atoms with E-state index >= 15 is 0 Å². The summed E-state index contributed by atoms with van der Waals surface area (Å²) in [6.07, 6.45) is 8.30. The number of carbonyl (C=O) groups is 1. The smallest absolute Gasteiger partial charge is 0.275 e. The molecule has 1 saturated heterocycles. The molecule has 8 nitrogen and oxygen atoms in total. The second-order valence-corrected chi connectivity index (χ2v) is 9.47. The van der Waals surface area contributed by atoms with Crippen molar-refractivity contribution in [1.82, 2.24) is 19.7 Å². The van der Waals surface area contributed by atoms with Crippen LogP contribution in [0.1, 0.15) is 49.0 Å². The van der Waals surface area contributed by atoms with Crippen molar-refractivity contribution < 1.29 is 4.79 Å². The first kappa shape index (κ1) is 20.2. The molecule has 1 atom stereocenters. The average molecular weight is 444 g/mol. The summed E-state index contributed by atoms with van der Waals surface area (Å²) < 4.78 is 1.79. The quantitative estimate of drug-likeness (QED) is 0.629. The van der Waals surface area contributed by atoms with Crippen LogP contribution in [0.3, 0.4) is 0 Å². The number of hydrogen-bond donors (Lipinski definition) is 2. The lowest BCUT2D eigenvalue weighted by molar-refractivity contribution is 0.0689. The number of rotatable bonds is 2. The number of nitrogens with zero attached hydrogens (tertiary/aromatic N) is 5. The van der Waals surface area contributed by atoms with E-state index in [4.69, 9.17) is 4.99 Å². The Kier molecular flexibility index (Phi) is 4.81. The fraction of sp³-hybridized carbons (Fsp3) is 0.440. The van der Waals surface area contributed by atoms with Crippen LogP contribution in [-0.4, -0.2) is 56.1 Å². The highest BCUT2D eigenvalue weighted by Gasteiger charge is 2.45. The van der Waals surface area contributed by atoms with E-state index in [2.05, 4.69) is 20.7 Å². The molecular formula is C25H29N7O. The fourth-order valence-electron chi connectivity index (χ4n) is 5.57. The summed E-state index contributed by atoms with van der Waals surface area (Å²) in [5.74, 6) is 1.70. The van der Waals surface area contributed by atoms with E-state index in [1.807, 2.05) is 48.3 Å². The monoisotopic (exact) mass is 443 g/mol. The lowest BCUT2D eigenvalue weighted by Crippen LogP contribution is -2.62. The van der Waals surface area contributed by atoms with Crippen molar-refractivity contribution in [3.8, 4) is 0 Å². The van der Waals surface area contributed by atoms with Gasteiger partial charge in [0.15, 0.2) is 11.5 Å². The van der Waals surface area contributed by atoms with Gasteiger partial charge in [0.1, 0.15) is 11.4 Å². The molecule has 2 aromatic heterocycles. The van der Waals surface area contributed by atoms with Gasteiger partial charge in [-0.1, -0.05) is 31.0 Å². The highest BCUT2D eigenvalue weighted by molar-refractivity contribution is 6.10. The Morgan fingerprint density at radius 1 is 1.15 bits per heavy atom. The predicted octanol–water partition coefficient (Wildman–Crippen LogP) is 3.82. The van der Waals surface area contributed by atoms with Crippen molar-refractivity contribution in [3.63, 3.8) is 0 Å². The molecule has 0 bridgehead atoms. The summed E-state index contributed by atoms with van der Waals surface area (Å²) in [6, 6.07) is 12.2. The Labute approximate surface area is 193 Å². The number of aliphatic imine (C=N–C) groups is 1. The van der Waals surface area contributed by atoms with Gasteiger partial charge in [0.2, 0.25) is 0 Å². The number of pyridine rings is 1. The van der Waals surface area contributed by atoms with Crippen molar-refractivity contribution in [2.24, 2.45) is 12.0 Å². The zero-order valence-electron chi connectivity index (χ0n) is 18.9. The SMILES string of the molecule is Cn1nc(C(=O)N2CCCC3(C2)Nc2cccnc2NC3=NC2CCCC2)c2ccccc21. The maximum Gasteiger partial charge on any atom is 0.275 e. The number of aryl methyl sites for hydroxylation is 1. The van der Waals surface area contributed by atoms with Crippen LogP contribution in [-0.2, 0) is 7.05 Å². The van der Waals surface area contributed by atoms with Gasteiger partial charge in [-0.2, -0.15) is 5.10 Å². The number of para-hydroxylation sites is 1. The van der Waals surface area contributed by atoms with E-state index in [0.29, 0.717) is 24.8 Å². The Balaban J connectivity index is 1.36. The summed E-state index contributed by atoms with van der Waals surface area (Å²) in [6.45, 7) is 1.26. The summed E-state index contributed by atoms with van der Waals surface area (Å²) in [4.78, 5) is 25.3. The molecule has 33 heavy (non-hydrogen) atoms. The van der Waals surface area contributed by atoms with Gasteiger partial charge < -0.3 is 15.5 Å². The standard InChI is InChI=1S/C25H29N7O/c1-31-20-12-5-4-10-18(20)21(30-31)23(33)32-15-7-13-25(16-32)24(27-17-8-2-3-9-17)28-22-19(29-25)11-6-14-26-22/h4-6,10-12,14,17,29H,2-3,7-9,13,15-16H2,1H3,(H,26,27,28). The van der Waals surface area contributed by atoms with Crippen LogP contribution in [0.25, 0.3) is 10.9 Å². The second kappa shape index (κ2) is 7.86. The lowest BCUT2D eigenvalue weighted by Gasteiger charge is -2.47. The maximum atomic E-state index is 13.7. The maximum absolute atomic E-state index is 13.7. The van der Waals surface area contributed by atoms with Gasteiger partial charge in [-0.15, -0.1) is 0 Å². The molecule has 2 N–H and O–H groups in total. The van der Waals surface area contributed by atoms with Gasteiger partial charge in [-0.05, 0) is 43.9 Å². The van der Waals surface area contributed by atoms with E-state index in [0.717, 1.165) is 53.9 Å². The number of nitrogens with one attached hydrogen (secondary N) is 2. The minimum Gasteiger partial charge on any atom is -0.368 e. The van der Waals surface area contributed by atoms with Gasteiger partial charge in [0, 0.05) is 25.2 Å². The Morgan fingerprint density at radius 2 is 2.00 bits per heavy atom.